The number of halogens is 1. The normalized spacial score (nSPS) is 12.1. The molecule has 0 aliphatic rings. The van der Waals surface area contributed by atoms with Crippen LogP contribution in [0, 0.1) is 11.3 Å². The lowest BCUT2D eigenvalue weighted by atomic mass is 10.1. The van der Waals surface area contributed by atoms with Crippen LogP contribution in [0.2, 0.25) is 5.02 Å². The highest BCUT2D eigenvalue weighted by atomic mass is 35.5. The number of aryl methyl sites for hydroxylation is 1. The number of rotatable bonds is 6. The second-order valence-electron chi connectivity index (χ2n) is 5.97. The molecule has 0 saturated heterocycles. The van der Waals surface area contributed by atoms with Crippen molar-refractivity contribution in [1.82, 2.24) is 4.57 Å². The van der Waals surface area contributed by atoms with Gasteiger partial charge in [-0.1, -0.05) is 30.7 Å². The number of nitrogens with zero attached hydrogens (tertiary/aromatic N) is 2. The molecule has 134 valence electrons. The minimum Gasteiger partial charge on any atom is -0.340 e. The Balaban J connectivity index is 2.07. The van der Waals surface area contributed by atoms with Crippen LogP contribution >= 0.6 is 11.6 Å². The van der Waals surface area contributed by atoms with E-state index in [0.717, 1.165) is 40.8 Å². The number of aromatic nitrogens is 1. The Morgan fingerprint density at radius 3 is 2.54 bits per heavy atom. The van der Waals surface area contributed by atoms with Gasteiger partial charge in [0.15, 0.2) is 0 Å². The second kappa shape index (κ2) is 7.94. The zero-order valence-electron chi connectivity index (χ0n) is 14.8. The van der Waals surface area contributed by atoms with E-state index in [-0.39, 0.29) is 0 Å². The molecule has 0 spiro atoms. The fourth-order valence-electron chi connectivity index (χ4n) is 3.13. The molecule has 4 nitrogen and oxygen atoms in total. The minimum absolute atomic E-state index is 0.616. The first kappa shape index (κ1) is 18.5. The fraction of sp³-hybridized carbons (Fsp3) is 0.250. The third kappa shape index (κ3) is 3.48. The lowest BCUT2D eigenvalue weighted by molar-refractivity contribution is 0.685. The summed E-state index contributed by atoms with van der Waals surface area (Å²) in [6.45, 7) is 4.81. The van der Waals surface area contributed by atoms with E-state index in [1.54, 1.807) is 0 Å². The largest absolute Gasteiger partial charge is 0.340 e. The quantitative estimate of drug-likeness (QED) is 0.622. The van der Waals surface area contributed by atoms with Gasteiger partial charge in [0.1, 0.15) is 17.1 Å². The first-order valence-corrected chi connectivity index (χ1v) is 10.3. The summed E-state index contributed by atoms with van der Waals surface area (Å²) in [5, 5.41) is 11.2. The van der Waals surface area contributed by atoms with Crippen molar-refractivity contribution in [3.63, 3.8) is 0 Å². The van der Waals surface area contributed by atoms with Crippen LogP contribution in [0.3, 0.4) is 0 Å². The average molecular weight is 386 g/mol. The van der Waals surface area contributed by atoms with E-state index in [1.165, 1.54) is 0 Å². The molecule has 1 unspecified atom stereocenters. The minimum atomic E-state index is -1.07. The third-order valence-corrected chi connectivity index (χ3v) is 5.71. The standard InChI is InChI=1S/C20H20ClN3OS/c1-3-11-26(25)23-16-8-5-14(6-9-16)20-18(13-22)17-12-15(21)7-10-19(17)24(20)4-2/h5-10,12,23H,3-4,11H2,1-2H3. The Kier molecular flexibility index (Phi) is 5.65. The van der Waals surface area contributed by atoms with Crippen LogP contribution < -0.4 is 4.72 Å². The number of nitriles is 1. The molecule has 1 heterocycles. The SMILES string of the molecule is CCCS(=O)Nc1ccc(-c2c(C#N)c3cc(Cl)ccc3n2CC)cc1. The maximum atomic E-state index is 11.9. The molecule has 0 amide bonds. The van der Waals surface area contributed by atoms with E-state index >= 15 is 0 Å². The second-order valence-corrected chi connectivity index (χ2v) is 7.71. The van der Waals surface area contributed by atoms with Crippen LogP contribution in [0.1, 0.15) is 25.8 Å². The number of anilines is 1. The van der Waals surface area contributed by atoms with Crippen molar-refractivity contribution in [2.45, 2.75) is 26.8 Å². The molecular formula is C20H20ClN3OS. The highest BCUT2D eigenvalue weighted by Gasteiger charge is 2.18. The van der Waals surface area contributed by atoms with E-state index in [9.17, 15) is 9.47 Å². The first-order valence-electron chi connectivity index (χ1n) is 8.56. The van der Waals surface area contributed by atoms with Gasteiger partial charge in [0, 0.05) is 33.9 Å². The Morgan fingerprint density at radius 2 is 1.92 bits per heavy atom. The molecule has 2 aromatic carbocycles. The van der Waals surface area contributed by atoms with Gasteiger partial charge in [-0.3, -0.25) is 0 Å². The number of fused-ring (bicyclic) bond motifs is 1. The molecule has 0 radical (unpaired) electrons. The lowest BCUT2D eigenvalue weighted by Gasteiger charge is -2.10. The van der Waals surface area contributed by atoms with Gasteiger partial charge in [0.05, 0.1) is 11.3 Å². The molecule has 1 aromatic heterocycles. The van der Waals surface area contributed by atoms with Crippen LogP contribution in [-0.2, 0) is 17.5 Å². The lowest BCUT2D eigenvalue weighted by Crippen LogP contribution is -2.07. The van der Waals surface area contributed by atoms with E-state index in [4.69, 9.17) is 11.6 Å². The van der Waals surface area contributed by atoms with Crippen LogP contribution in [-0.4, -0.2) is 14.5 Å². The molecule has 1 atom stereocenters. The van der Waals surface area contributed by atoms with Crippen molar-refractivity contribution in [3.05, 3.63) is 53.1 Å². The maximum absolute atomic E-state index is 11.9. The molecule has 1 N–H and O–H groups in total. The topological polar surface area (TPSA) is 57.8 Å². The summed E-state index contributed by atoms with van der Waals surface area (Å²) >= 11 is 6.14. The van der Waals surface area contributed by atoms with Crippen molar-refractivity contribution >= 4 is 39.2 Å². The molecule has 0 aliphatic carbocycles. The fourth-order valence-corrected chi connectivity index (χ4v) is 4.18. The van der Waals surface area contributed by atoms with E-state index in [2.05, 4.69) is 22.3 Å². The average Bonchev–Trinajstić information content (AvgIpc) is 2.95. The van der Waals surface area contributed by atoms with Crippen molar-refractivity contribution in [1.29, 1.82) is 5.26 Å². The van der Waals surface area contributed by atoms with Gasteiger partial charge in [-0.2, -0.15) is 5.26 Å². The number of nitrogens with one attached hydrogen (secondary N) is 1. The van der Waals surface area contributed by atoms with Crippen molar-refractivity contribution in [3.8, 4) is 17.3 Å². The van der Waals surface area contributed by atoms with Gasteiger partial charge in [-0.25, -0.2) is 4.21 Å². The zero-order valence-corrected chi connectivity index (χ0v) is 16.3. The monoisotopic (exact) mass is 385 g/mol. The Morgan fingerprint density at radius 1 is 1.19 bits per heavy atom. The van der Waals surface area contributed by atoms with Gasteiger partial charge >= 0.3 is 0 Å². The molecule has 0 fully saturated rings. The summed E-state index contributed by atoms with van der Waals surface area (Å²) in [7, 11) is -1.07. The van der Waals surface area contributed by atoms with Crippen LogP contribution in [0.25, 0.3) is 22.2 Å². The van der Waals surface area contributed by atoms with E-state index in [1.807, 2.05) is 49.4 Å². The van der Waals surface area contributed by atoms with Gasteiger partial charge in [0.25, 0.3) is 0 Å². The van der Waals surface area contributed by atoms with Crippen molar-refractivity contribution in [2.75, 3.05) is 10.5 Å². The van der Waals surface area contributed by atoms with Gasteiger partial charge < -0.3 is 9.29 Å². The highest BCUT2D eigenvalue weighted by molar-refractivity contribution is 7.86. The molecule has 0 bridgehead atoms. The van der Waals surface area contributed by atoms with Crippen LogP contribution in [0.15, 0.2) is 42.5 Å². The smallest absolute Gasteiger partial charge is 0.117 e. The molecule has 3 aromatic rings. The highest BCUT2D eigenvalue weighted by Crippen LogP contribution is 2.35. The van der Waals surface area contributed by atoms with Crippen LogP contribution in [0.5, 0.6) is 0 Å². The molecule has 0 saturated carbocycles. The summed E-state index contributed by atoms with van der Waals surface area (Å²) < 4.78 is 17.0. The molecule has 6 heteroatoms. The predicted octanol–water partition coefficient (Wildman–Crippen LogP) is 5.34. The van der Waals surface area contributed by atoms with Crippen LogP contribution in [0.4, 0.5) is 5.69 Å². The van der Waals surface area contributed by atoms with E-state index < -0.39 is 11.0 Å². The molecule has 3 rings (SSSR count). The van der Waals surface area contributed by atoms with Crippen molar-refractivity contribution in [2.24, 2.45) is 0 Å². The van der Waals surface area contributed by atoms with Gasteiger partial charge in [-0.15, -0.1) is 0 Å². The zero-order chi connectivity index (χ0) is 18.7. The predicted molar refractivity (Wildman–Crippen MR) is 110 cm³/mol. The third-order valence-electron chi connectivity index (χ3n) is 4.23. The summed E-state index contributed by atoms with van der Waals surface area (Å²) in [5.41, 5.74) is 4.26. The van der Waals surface area contributed by atoms with Gasteiger partial charge in [0.2, 0.25) is 0 Å². The maximum Gasteiger partial charge on any atom is 0.117 e. The summed E-state index contributed by atoms with van der Waals surface area (Å²) in [6.07, 6.45) is 0.863. The molecule has 0 aliphatic heterocycles. The summed E-state index contributed by atoms with van der Waals surface area (Å²) in [4.78, 5) is 0. The summed E-state index contributed by atoms with van der Waals surface area (Å²) in [5.74, 6) is 0.616. The van der Waals surface area contributed by atoms with Crippen molar-refractivity contribution < 1.29 is 4.21 Å². The summed E-state index contributed by atoms with van der Waals surface area (Å²) in [6, 6.07) is 15.7. The van der Waals surface area contributed by atoms with Gasteiger partial charge in [-0.05, 0) is 49.2 Å². The Labute approximate surface area is 161 Å². The Bertz CT molecular complexity index is 1000. The number of hydrogen-bond donors (Lipinski definition) is 1. The first-order chi connectivity index (χ1) is 12.6. The molecule has 26 heavy (non-hydrogen) atoms. The molecular weight excluding hydrogens is 366 g/mol. The number of benzene rings is 2. The van der Waals surface area contributed by atoms with E-state index in [0.29, 0.717) is 16.3 Å². The Hall–Kier alpha value is -2.29. The number of hydrogen-bond acceptors (Lipinski definition) is 2.